The first-order valence-electron chi connectivity index (χ1n) is 3.99. The Bertz CT molecular complexity index is 222. The number of carboxylic acids is 1. The van der Waals surface area contributed by atoms with E-state index in [0.717, 1.165) is 16.8 Å². The second-order valence-corrected chi connectivity index (χ2v) is 5.19. The van der Waals surface area contributed by atoms with Crippen LogP contribution in [-0.4, -0.2) is 46.6 Å². The largest absolute Gasteiger partial charge is 0.480 e. The van der Waals surface area contributed by atoms with Gasteiger partial charge in [0.05, 0.1) is 0 Å². The van der Waals surface area contributed by atoms with E-state index in [1.54, 1.807) is 11.8 Å². The molecule has 74 valence electrons. The molecule has 0 saturated carbocycles. The maximum Gasteiger partial charge on any atom is 0.321 e. The molecule has 1 aliphatic heterocycles. The monoisotopic (exact) mass is 265 g/mol. The van der Waals surface area contributed by atoms with Gasteiger partial charge in [-0.05, 0) is 0 Å². The lowest BCUT2D eigenvalue weighted by atomic mass is 10.2. The van der Waals surface area contributed by atoms with E-state index < -0.39 is 5.97 Å². The van der Waals surface area contributed by atoms with Crippen molar-refractivity contribution in [3.8, 4) is 0 Å². The second-order valence-electron chi connectivity index (χ2n) is 2.92. The standard InChI is InChI=1S/C8H12BrNO2S/c1-6(9)4-10-2-3-13-5-7(10)8(11)12/h7H,1-5H2,(H,11,12). The predicted octanol–water partition coefficient (Wildman–Crippen LogP) is 1.40. The molecule has 0 amide bonds. The molecule has 0 aromatic heterocycles. The number of rotatable bonds is 3. The molecule has 1 saturated heterocycles. The molecule has 5 heteroatoms. The average molecular weight is 266 g/mol. The van der Waals surface area contributed by atoms with Crippen LogP contribution in [0.1, 0.15) is 0 Å². The third-order valence-electron chi connectivity index (χ3n) is 1.90. The average Bonchev–Trinajstić information content (AvgIpc) is 2.03. The highest BCUT2D eigenvalue weighted by Crippen LogP contribution is 2.18. The van der Waals surface area contributed by atoms with E-state index in [0.29, 0.717) is 12.3 Å². The topological polar surface area (TPSA) is 40.5 Å². The summed E-state index contributed by atoms with van der Waals surface area (Å²) in [5.41, 5.74) is 0. The summed E-state index contributed by atoms with van der Waals surface area (Å²) in [4.78, 5) is 12.8. The number of halogens is 1. The first-order valence-corrected chi connectivity index (χ1v) is 5.94. The van der Waals surface area contributed by atoms with Crippen LogP contribution in [0.15, 0.2) is 11.1 Å². The summed E-state index contributed by atoms with van der Waals surface area (Å²) < 4.78 is 0.839. The van der Waals surface area contributed by atoms with Crippen LogP contribution in [0.4, 0.5) is 0 Å². The third kappa shape index (κ3) is 3.32. The van der Waals surface area contributed by atoms with Crippen molar-refractivity contribution in [2.24, 2.45) is 0 Å². The highest BCUT2D eigenvalue weighted by Gasteiger charge is 2.28. The Morgan fingerprint density at radius 2 is 2.46 bits per heavy atom. The van der Waals surface area contributed by atoms with Crippen LogP contribution >= 0.6 is 27.7 Å². The first-order chi connectivity index (χ1) is 6.11. The Morgan fingerprint density at radius 3 is 3.00 bits per heavy atom. The van der Waals surface area contributed by atoms with E-state index in [4.69, 9.17) is 5.11 Å². The molecule has 1 atom stereocenters. The van der Waals surface area contributed by atoms with Crippen molar-refractivity contribution in [1.29, 1.82) is 0 Å². The van der Waals surface area contributed by atoms with Crippen LogP contribution in [0, 0.1) is 0 Å². The van der Waals surface area contributed by atoms with Crippen molar-refractivity contribution in [3.63, 3.8) is 0 Å². The number of aliphatic carboxylic acids is 1. The molecule has 1 aliphatic rings. The normalized spacial score (nSPS) is 24.2. The molecule has 1 fully saturated rings. The Labute approximate surface area is 90.3 Å². The van der Waals surface area contributed by atoms with Crippen LogP contribution in [0.5, 0.6) is 0 Å². The highest BCUT2D eigenvalue weighted by molar-refractivity contribution is 9.11. The van der Waals surface area contributed by atoms with Crippen molar-refractivity contribution in [1.82, 2.24) is 4.90 Å². The number of carbonyl (C=O) groups is 1. The van der Waals surface area contributed by atoms with Gasteiger partial charge in [0.2, 0.25) is 0 Å². The summed E-state index contributed by atoms with van der Waals surface area (Å²) >= 11 is 4.95. The fourth-order valence-corrected chi connectivity index (χ4v) is 2.70. The fourth-order valence-electron chi connectivity index (χ4n) is 1.28. The number of hydrogen-bond acceptors (Lipinski definition) is 3. The number of carboxylic acid groups (broad SMARTS) is 1. The second kappa shape index (κ2) is 5.02. The molecular formula is C8H12BrNO2S. The van der Waals surface area contributed by atoms with Crippen molar-refractivity contribution in [2.45, 2.75) is 6.04 Å². The zero-order valence-electron chi connectivity index (χ0n) is 7.20. The van der Waals surface area contributed by atoms with Crippen molar-refractivity contribution in [3.05, 3.63) is 11.1 Å². The lowest BCUT2D eigenvalue weighted by Crippen LogP contribution is -2.47. The lowest BCUT2D eigenvalue weighted by molar-refractivity contribution is -0.142. The molecule has 0 radical (unpaired) electrons. The maximum atomic E-state index is 10.8. The van der Waals surface area contributed by atoms with E-state index >= 15 is 0 Å². The zero-order valence-corrected chi connectivity index (χ0v) is 9.60. The van der Waals surface area contributed by atoms with Gasteiger partial charge in [0, 0.05) is 29.1 Å². The van der Waals surface area contributed by atoms with Gasteiger partial charge in [-0.15, -0.1) is 0 Å². The first kappa shape index (κ1) is 11.1. The quantitative estimate of drug-likeness (QED) is 0.838. The third-order valence-corrected chi connectivity index (χ3v) is 3.17. The summed E-state index contributed by atoms with van der Waals surface area (Å²) in [5, 5.41) is 8.92. The van der Waals surface area contributed by atoms with Gasteiger partial charge in [0.1, 0.15) is 6.04 Å². The molecule has 1 rings (SSSR count). The van der Waals surface area contributed by atoms with Gasteiger partial charge in [0.15, 0.2) is 0 Å². The van der Waals surface area contributed by atoms with Gasteiger partial charge in [-0.3, -0.25) is 9.69 Å². The van der Waals surface area contributed by atoms with Crippen molar-refractivity contribution >= 4 is 33.7 Å². The zero-order chi connectivity index (χ0) is 9.84. The molecule has 0 bridgehead atoms. The predicted molar refractivity (Wildman–Crippen MR) is 58.4 cm³/mol. The molecule has 3 nitrogen and oxygen atoms in total. The van der Waals surface area contributed by atoms with Crippen molar-refractivity contribution < 1.29 is 9.90 Å². The van der Waals surface area contributed by atoms with Gasteiger partial charge in [-0.1, -0.05) is 22.5 Å². The minimum Gasteiger partial charge on any atom is -0.480 e. The van der Waals surface area contributed by atoms with Gasteiger partial charge in [0.25, 0.3) is 0 Å². The molecule has 0 aliphatic carbocycles. The Morgan fingerprint density at radius 1 is 1.77 bits per heavy atom. The maximum absolute atomic E-state index is 10.8. The summed E-state index contributed by atoms with van der Waals surface area (Å²) in [6.07, 6.45) is 0. The Kier molecular flexibility index (Phi) is 4.28. The summed E-state index contributed by atoms with van der Waals surface area (Å²) in [6.45, 7) is 5.17. The number of thioether (sulfide) groups is 1. The Balaban J connectivity index is 2.56. The van der Waals surface area contributed by atoms with Gasteiger partial charge in [-0.25, -0.2) is 0 Å². The van der Waals surface area contributed by atoms with Crippen LogP contribution in [0.25, 0.3) is 0 Å². The smallest absolute Gasteiger partial charge is 0.321 e. The van der Waals surface area contributed by atoms with Crippen LogP contribution < -0.4 is 0 Å². The van der Waals surface area contributed by atoms with Gasteiger partial charge in [-0.2, -0.15) is 11.8 Å². The summed E-state index contributed by atoms with van der Waals surface area (Å²) in [6, 6.07) is -0.354. The number of nitrogens with zero attached hydrogens (tertiary/aromatic N) is 1. The SMILES string of the molecule is C=C(Br)CN1CCSCC1C(=O)O. The number of hydrogen-bond donors (Lipinski definition) is 1. The van der Waals surface area contributed by atoms with E-state index in [1.165, 1.54) is 0 Å². The van der Waals surface area contributed by atoms with Gasteiger partial charge >= 0.3 is 5.97 Å². The van der Waals surface area contributed by atoms with Crippen LogP contribution in [0.3, 0.4) is 0 Å². The minimum absolute atomic E-state index is 0.354. The minimum atomic E-state index is -0.735. The van der Waals surface area contributed by atoms with E-state index in [9.17, 15) is 4.79 Å². The molecule has 1 heterocycles. The molecule has 13 heavy (non-hydrogen) atoms. The highest BCUT2D eigenvalue weighted by atomic mass is 79.9. The molecule has 0 aromatic rings. The van der Waals surface area contributed by atoms with Crippen LogP contribution in [0.2, 0.25) is 0 Å². The summed E-state index contributed by atoms with van der Waals surface area (Å²) in [7, 11) is 0. The molecule has 0 spiro atoms. The van der Waals surface area contributed by atoms with E-state index in [-0.39, 0.29) is 6.04 Å². The fraction of sp³-hybridized carbons (Fsp3) is 0.625. The summed E-state index contributed by atoms with van der Waals surface area (Å²) in [5.74, 6) is 0.945. The molecule has 1 N–H and O–H groups in total. The van der Waals surface area contributed by atoms with Crippen LogP contribution in [-0.2, 0) is 4.79 Å². The van der Waals surface area contributed by atoms with E-state index in [2.05, 4.69) is 22.5 Å². The van der Waals surface area contributed by atoms with Gasteiger partial charge < -0.3 is 5.11 Å². The molecular weight excluding hydrogens is 254 g/mol. The van der Waals surface area contributed by atoms with E-state index in [1.807, 2.05) is 4.90 Å². The molecule has 1 unspecified atom stereocenters. The Hall–Kier alpha value is -0.000000000000000111. The molecule has 0 aromatic carbocycles. The van der Waals surface area contributed by atoms with Crippen molar-refractivity contribution in [2.75, 3.05) is 24.6 Å². The lowest BCUT2D eigenvalue weighted by Gasteiger charge is -2.32.